The lowest BCUT2D eigenvalue weighted by Gasteiger charge is -2.05. The van der Waals surface area contributed by atoms with E-state index in [4.69, 9.17) is 16.3 Å². The van der Waals surface area contributed by atoms with E-state index >= 15 is 0 Å². The molecule has 0 spiro atoms. The molecule has 0 radical (unpaired) electrons. The Labute approximate surface area is 135 Å². The molecule has 0 fully saturated rings. The number of aryl methyl sites for hydroxylation is 1. The fourth-order valence-corrected chi connectivity index (χ4v) is 2.00. The molecule has 0 aromatic heterocycles. The number of ether oxygens (including phenoxy) is 1. The molecular weight excluding hydrogens is 298 g/mol. The van der Waals surface area contributed by atoms with Gasteiger partial charge in [0.05, 0.1) is 0 Å². The first-order chi connectivity index (χ1) is 10.6. The summed E-state index contributed by atoms with van der Waals surface area (Å²) in [6.07, 6.45) is 3.37. The summed E-state index contributed by atoms with van der Waals surface area (Å²) >= 11 is 5.97. The van der Waals surface area contributed by atoms with Crippen molar-refractivity contribution < 1.29 is 9.53 Å². The molecule has 3 nitrogen and oxygen atoms in total. The lowest BCUT2D eigenvalue weighted by Crippen LogP contribution is -2.24. The predicted molar refractivity (Wildman–Crippen MR) is 89.9 cm³/mol. The van der Waals surface area contributed by atoms with E-state index in [-0.39, 0.29) is 6.61 Å². The zero-order chi connectivity index (χ0) is 15.8. The minimum absolute atomic E-state index is 0.271. The van der Waals surface area contributed by atoms with Gasteiger partial charge in [-0.15, -0.1) is 0 Å². The molecule has 0 bridgehead atoms. The largest absolute Gasteiger partial charge is 0.445 e. The Kier molecular flexibility index (Phi) is 6.04. The monoisotopic (exact) mass is 315 g/mol. The smallest absolute Gasteiger partial charge is 0.407 e. The van der Waals surface area contributed by atoms with Crippen LogP contribution in [0.3, 0.4) is 0 Å². The summed E-state index contributed by atoms with van der Waals surface area (Å²) in [4.78, 5) is 11.5. The maximum Gasteiger partial charge on any atom is 0.407 e. The van der Waals surface area contributed by atoms with Crippen molar-refractivity contribution in [2.45, 2.75) is 13.5 Å². The minimum Gasteiger partial charge on any atom is -0.445 e. The zero-order valence-corrected chi connectivity index (χ0v) is 13.1. The molecule has 4 heteroatoms. The van der Waals surface area contributed by atoms with E-state index in [0.29, 0.717) is 6.54 Å². The van der Waals surface area contributed by atoms with E-state index in [9.17, 15) is 4.79 Å². The average molecular weight is 316 g/mol. The number of nitrogens with one attached hydrogen (secondary N) is 1. The van der Waals surface area contributed by atoms with Crippen LogP contribution in [-0.2, 0) is 11.3 Å². The highest BCUT2D eigenvalue weighted by Gasteiger charge is 2.00. The van der Waals surface area contributed by atoms with Gasteiger partial charge in [0, 0.05) is 11.6 Å². The van der Waals surface area contributed by atoms with Gasteiger partial charge in [0.2, 0.25) is 0 Å². The first-order valence-corrected chi connectivity index (χ1v) is 7.40. The van der Waals surface area contributed by atoms with Crippen LogP contribution in [0.1, 0.15) is 16.7 Å². The number of halogens is 1. The molecule has 2 aromatic carbocycles. The summed E-state index contributed by atoms with van der Waals surface area (Å²) in [5.74, 6) is 0. The van der Waals surface area contributed by atoms with Gasteiger partial charge in [-0.3, -0.25) is 0 Å². The van der Waals surface area contributed by atoms with Gasteiger partial charge in [0.1, 0.15) is 6.61 Å². The number of carbonyl (C=O) groups is 1. The molecule has 0 heterocycles. The summed E-state index contributed by atoms with van der Waals surface area (Å²) in [6.45, 7) is 2.64. The van der Waals surface area contributed by atoms with Gasteiger partial charge >= 0.3 is 6.09 Å². The van der Waals surface area contributed by atoms with Gasteiger partial charge in [0.25, 0.3) is 0 Å². The number of hydrogen-bond donors (Lipinski definition) is 1. The molecule has 0 atom stereocenters. The molecule has 0 saturated heterocycles. The number of hydrogen-bond acceptors (Lipinski definition) is 2. The van der Waals surface area contributed by atoms with Crippen molar-refractivity contribution in [2.24, 2.45) is 0 Å². The van der Waals surface area contributed by atoms with Gasteiger partial charge in [-0.1, -0.05) is 66.2 Å². The van der Waals surface area contributed by atoms with Crippen molar-refractivity contribution in [2.75, 3.05) is 6.54 Å². The van der Waals surface area contributed by atoms with Crippen molar-refractivity contribution in [1.82, 2.24) is 5.32 Å². The topological polar surface area (TPSA) is 38.3 Å². The van der Waals surface area contributed by atoms with Crippen LogP contribution in [0.15, 0.2) is 54.6 Å². The van der Waals surface area contributed by atoms with E-state index < -0.39 is 6.09 Å². The Hall–Kier alpha value is -2.26. The number of amides is 1. The first-order valence-electron chi connectivity index (χ1n) is 7.02. The van der Waals surface area contributed by atoms with E-state index in [1.54, 1.807) is 0 Å². The van der Waals surface area contributed by atoms with Crippen LogP contribution in [0.4, 0.5) is 4.79 Å². The lowest BCUT2D eigenvalue weighted by molar-refractivity contribution is 0.141. The quantitative estimate of drug-likeness (QED) is 0.876. The van der Waals surface area contributed by atoms with Crippen molar-refractivity contribution in [3.8, 4) is 0 Å². The second kappa shape index (κ2) is 8.25. The summed E-state index contributed by atoms with van der Waals surface area (Å²) in [6, 6.07) is 15.4. The average Bonchev–Trinajstić information content (AvgIpc) is 2.54. The molecule has 22 heavy (non-hydrogen) atoms. The van der Waals surface area contributed by atoms with Crippen LogP contribution in [0.2, 0.25) is 5.02 Å². The van der Waals surface area contributed by atoms with Crippen molar-refractivity contribution in [1.29, 1.82) is 0 Å². The first kappa shape index (κ1) is 16.1. The molecule has 1 N–H and O–H groups in total. The van der Waals surface area contributed by atoms with Crippen LogP contribution < -0.4 is 5.32 Å². The van der Waals surface area contributed by atoms with Crippen molar-refractivity contribution >= 4 is 23.8 Å². The van der Waals surface area contributed by atoms with Crippen LogP contribution in [0.25, 0.3) is 6.08 Å². The number of carbonyl (C=O) groups excluding carboxylic acids is 1. The zero-order valence-electron chi connectivity index (χ0n) is 12.4. The summed E-state index contributed by atoms with van der Waals surface area (Å²) < 4.78 is 5.11. The van der Waals surface area contributed by atoms with E-state index in [0.717, 1.165) is 21.7 Å². The second-order valence-corrected chi connectivity index (χ2v) is 5.26. The van der Waals surface area contributed by atoms with E-state index in [1.165, 1.54) is 0 Å². The van der Waals surface area contributed by atoms with E-state index in [2.05, 4.69) is 5.32 Å². The van der Waals surface area contributed by atoms with Crippen molar-refractivity contribution in [3.05, 3.63) is 76.3 Å². The molecular formula is C18H18ClNO2. The third-order valence-electron chi connectivity index (χ3n) is 3.07. The highest BCUT2D eigenvalue weighted by Crippen LogP contribution is 2.16. The number of alkyl carbamates (subject to hydrolysis) is 1. The Morgan fingerprint density at radius 2 is 2.00 bits per heavy atom. The van der Waals surface area contributed by atoms with Crippen LogP contribution in [0, 0.1) is 6.92 Å². The summed E-state index contributed by atoms with van der Waals surface area (Å²) in [5.41, 5.74) is 3.03. The lowest BCUT2D eigenvalue weighted by atomic mass is 10.1. The Balaban J connectivity index is 1.72. The molecule has 1 amide bonds. The standard InChI is InChI=1S/C18H18ClNO2/c1-14-12-15(9-10-17(14)19)8-5-11-20-18(21)22-13-16-6-3-2-4-7-16/h2-10,12H,11,13H2,1H3,(H,20,21). The molecule has 0 aliphatic rings. The fourth-order valence-electron chi connectivity index (χ4n) is 1.88. The Bertz CT molecular complexity index is 653. The maximum atomic E-state index is 11.5. The third kappa shape index (κ3) is 5.26. The molecule has 0 saturated carbocycles. The van der Waals surface area contributed by atoms with Crippen LogP contribution in [-0.4, -0.2) is 12.6 Å². The van der Waals surface area contributed by atoms with Crippen molar-refractivity contribution in [3.63, 3.8) is 0 Å². The van der Waals surface area contributed by atoms with Crippen LogP contribution >= 0.6 is 11.6 Å². The molecule has 2 aromatic rings. The van der Waals surface area contributed by atoms with Gasteiger partial charge in [-0.05, 0) is 29.7 Å². The second-order valence-electron chi connectivity index (χ2n) is 4.85. The molecule has 0 unspecified atom stereocenters. The summed E-state index contributed by atoms with van der Waals surface area (Å²) in [7, 11) is 0. The van der Waals surface area contributed by atoms with Gasteiger partial charge in [0.15, 0.2) is 0 Å². The summed E-state index contributed by atoms with van der Waals surface area (Å²) in [5, 5.41) is 3.42. The maximum absolute atomic E-state index is 11.5. The molecule has 114 valence electrons. The van der Waals surface area contributed by atoms with Gasteiger partial charge < -0.3 is 10.1 Å². The molecule has 2 rings (SSSR count). The minimum atomic E-state index is -0.430. The highest BCUT2D eigenvalue weighted by molar-refractivity contribution is 6.31. The predicted octanol–water partition coefficient (Wildman–Crippen LogP) is 4.59. The Morgan fingerprint density at radius 3 is 2.73 bits per heavy atom. The Morgan fingerprint density at radius 1 is 1.23 bits per heavy atom. The number of benzene rings is 2. The van der Waals surface area contributed by atoms with Gasteiger partial charge in [-0.2, -0.15) is 0 Å². The molecule has 0 aliphatic heterocycles. The third-order valence-corrected chi connectivity index (χ3v) is 3.49. The molecule has 0 aliphatic carbocycles. The normalized spacial score (nSPS) is 10.6. The van der Waals surface area contributed by atoms with E-state index in [1.807, 2.05) is 67.6 Å². The SMILES string of the molecule is Cc1cc(C=CCNC(=O)OCc2ccccc2)ccc1Cl. The highest BCUT2D eigenvalue weighted by atomic mass is 35.5. The van der Waals surface area contributed by atoms with Crippen LogP contribution in [0.5, 0.6) is 0 Å². The fraction of sp³-hybridized carbons (Fsp3) is 0.167. The van der Waals surface area contributed by atoms with Gasteiger partial charge in [-0.25, -0.2) is 4.79 Å². The number of rotatable bonds is 5.